The number of rotatable bonds is 4. The van der Waals surface area contributed by atoms with Gasteiger partial charge in [-0.3, -0.25) is 4.79 Å². The number of ether oxygens (including phenoxy) is 2. The van der Waals surface area contributed by atoms with E-state index in [1.54, 1.807) is 18.2 Å². The number of aromatic nitrogens is 1. The minimum atomic E-state index is -0.0996. The van der Waals surface area contributed by atoms with Gasteiger partial charge in [-0.05, 0) is 48.7 Å². The van der Waals surface area contributed by atoms with E-state index < -0.39 is 0 Å². The molecule has 1 aliphatic carbocycles. The van der Waals surface area contributed by atoms with E-state index in [4.69, 9.17) is 21.1 Å². The van der Waals surface area contributed by atoms with E-state index in [9.17, 15) is 4.79 Å². The predicted octanol–water partition coefficient (Wildman–Crippen LogP) is 4.01. The number of benzene rings is 2. The molecule has 5 nitrogen and oxygen atoms in total. The number of amides is 1. The van der Waals surface area contributed by atoms with Crippen LogP contribution in [0.2, 0.25) is 5.02 Å². The molecule has 0 atom stereocenters. The van der Waals surface area contributed by atoms with Crippen molar-refractivity contribution in [3.8, 4) is 11.5 Å². The van der Waals surface area contributed by atoms with E-state index in [2.05, 4.69) is 10.3 Å². The number of carbonyl (C=O) groups is 1. The Balaban J connectivity index is 1.35. The fraction of sp³-hybridized carbons (Fsp3) is 0.250. The van der Waals surface area contributed by atoms with Crippen molar-refractivity contribution in [1.29, 1.82) is 0 Å². The van der Waals surface area contributed by atoms with E-state index in [0.29, 0.717) is 28.6 Å². The number of aromatic amines is 1. The molecule has 2 aliphatic rings. The Morgan fingerprint density at radius 2 is 2.00 bits per heavy atom. The van der Waals surface area contributed by atoms with E-state index >= 15 is 0 Å². The Hall–Kier alpha value is -2.66. The monoisotopic (exact) mass is 368 g/mol. The first-order valence-electron chi connectivity index (χ1n) is 8.60. The van der Waals surface area contributed by atoms with E-state index in [-0.39, 0.29) is 18.1 Å². The molecule has 2 N–H and O–H groups in total. The van der Waals surface area contributed by atoms with Crippen LogP contribution in [-0.2, 0) is 5.41 Å². The highest BCUT2D eigenvalue weighted by Crippen LogP contribution is 2.50. The van der Waals surface area contributed by atoms with Crippen LogP contribution in [0.3, 0.4) is 0 Å². The van der Waals surface area contributed by atoms with Crippen molar-refractivity contribution in [2.45, 2.75) is 18.3 Å². The first-order valence-corrected chi connectivity index (χ1v) is 8.97. The molecule has 6 heteroatoms. The lowest BCUT2D eigenvalue weighted by Gasteiger charge is -2.16. The lowest BCUT2D eigenvalue weighted by Crippen LogP contribution is -2.32. The number of H-pyrrole nitrogens is 1. The molecule has 0 bridgehead atoms. The van der Waals surface area contributed by atoms with Crippen molar-refractivity contribution in [1.82, 2.24) is 10.3 Å². The lowest BCUT2D eigenvalue weighted by atomic mass is 9.95. The Labute approximate surface area is 155 Å². The number of fused-ring (bicyclic) bond motifs is 2. The van der Waals surface area contributed by atoms with Gasteiger partial charge < -0.3 is 19.8 Å². The average Bonchev–Trinajstić information content (AvgIpc) is 3.09. The van der Waals surface area contributed by atoms with Crippen molar-refractivity contribution < 1.29 is 14.3 Å². The van der Waals surface area contributed by atoms with Crippen LogP contribution in [0.4, 0.5) is 0 Å². The van der Waals surface area contributed by atoms with Gasteiger partial charge in [0.25, 0.3) is 5.91 Å². The van der Waals surface area contributed by atoms with Crippen molar-refractivity contribution in [2.75, 3.05) is 13.3 Å². The van der Waals surface area contributed by atoms with E-state index in [1.165, 1.54) is 10.9 Å². The standard InChI is InChI=1S/C20H17ClN2O3/c21-13-2-3-14-15(9-22-16(14)8-13)20(5-6-20)10-23-19(24)12-1-4-17-18(7-12)26-11-25-17/h1-4,7-9,22H,5-6,10-11H2,(H,23,24). The van der Waals surface area contributed by atoms with Crippen LogP contribution in [0.15, 0.2) is 42.6 Å². The third-order valence-corrected chi connectivity index (χ3v) is 5.53. The van der Waals surface area contributed by atoms with Gasteiger partial charge in [0, 0.05) is 39.6 Å². The van der Waals surface area contributed by atoms with Gasteiger partial charge in [0.2, 0.25) is 6.79 Å². The lowest BCUT2D eigenvalue weighted by molar-refractivity contribution is 0.0949. The summed E-state index contributed by atoms with van der Waals surface area (Å²) >= 11 is 6.07. The first kappa shape index (κ1) is 15.6. The molecule has 1 amide bonds. The molecule has 1 aromatic heterocycles. The van der Waals surface area contributed by atoms with E-state index in [0.717, 1.165) is 18.4 Å². The third-order valence-electron chi connectivity index (χ3n) is 5.29. The predicted molar refractivity (Wildman–Crippen MR) is 99.1 cm³/mol. The highest BCUT2D eigenvalue weighted by atomic mass is 35.5. The molecule has 1 aliphatic heterocycles. The molecule has 5 rings (SSSR count). The summed E-state index contributed by atoms with van der Waals surface area (Å²) in [6, 6.07) is 11.1. The van der Waals surface area contributed by atoms with Crippen LogP contribution >= 0.6 is 11.6 Å². The molecule has 0 saturated heterocycles. The van der Waals surface area contributed by atoms with Crippen LogP contribution in [0, 0.1) is 0 Å². The SMILES string of the molecule is O=C(NCC1(c2c[nH]c3cc(Cl)ccc23)CC1)c1ccc2c(c1)OCO2. The highest BCUT2D eigenvalue weighted by molar-refractivity contribution is 6.31. The second kappa shape index (κ2) is 5.68. The van der Waals surface area contributed by atoms with Crippen molar-refractivity contribution >= 4 is 28.4 Å². The van der Waals surface area contributed by atoms with Crippen LogP contribution in [0.5, 0.6) is 11.5 Å². The van der Waals surface area contributed by atoms with Crippen molar-refractivity contribution in [2.24, 2.45) is 0 Å². The molecule has 1 fully saturated rings. The zero-order valence-corrected chi connectivity index (χ0v) is 14.7. The van der Waals surface area contributed by atoms with Crippen LogP contribution in [0.25, 0.3) is 10.9 Å². The third kappa shape index (κ3) is 2.51. The molecule has 0 spiro atoms. The second-order valence-corrected chi connectivity index (χ2v) is 7.36. The molecule has 1 saturated carbocycles. The van der Waals surface area contributed by atoms with Gasteiger partial charge in [-0.1, -0.05) is 17.7 Å². The first-order chi connectivity index (χ1) is 12.6. The topological polar surface area (TPSA) is 63.4 Å². The molecule has 0 unspecified atom stereocenters. The number of halogens is 1. The van der Waals surface area contributed by atoms with Gasteiger partial charge in [-0.25, -0.2) is 0 Å². The molecule has 2 aromatic carbocycles. The fourth-order valence-corrected chi connectivity index (χ4v) is 3.79. The molecular weight excluding hydrogens is 352 g/mol. The fourth-order valence-electron chi connectivity index (χ4n) is 3.62. The summed E-state index contributed by atoms with van der Waals surface area (Å²) in [6.45, 7) is 0.809. The summed E-state index contributed by atoms with van der Waals surface area (Å²) in [4.78, 5) is 15.9. The smallest absolute Gasteiger partial charge is 0.251 e. The Kier molecular flexibility index (Phi) is 3.40. The maximum atomic E-state index is 12.6. The largest absolute Gasteiger partial charge is 0.454 e. The van der Waals surface area contributed by atoms with Crippen LogP contribution in [-0.4, -0.2) is 24.2 Å². The minimum absolute atomic E-state index is 0.00191. The van der Waals surface area contributed by atoms with Gasteiger partial charge in [-0.15, -0.1) is 0 Å². The summed E-state index contributed by atoms with van der Waals surface area (Å²) < 4.78 is 10.6. The van der Waals surface area contributed by atoms with Crippen molar-refractivity contribution in [3.63, 3.8) is 0 Å². The van der Waals surface area contributed by atoms with Crippen LogP contribution in [0.1, 0.15) is 28.8 Å². The molecule has 3 aromatic rings. The summed E-state index contributed by atoms with van der Waals surface area (Å²) in [5, 5.41) is 4.97. The second-order valence-electron chi connectivity index (χ2n) is 6.92. The van der Waals surface area contributed by atoms with Gasteiger partial charge in [0.1, 0.15) is 0 Å². The Bertz CT molecular complexity index is 1020. The van der Waals surface area contributed by atoms with Gasteiger partial charge >= 0.3 is 0 Å². The van der Waals surface area contributed by atoms with Crippen molar-refractivity contribution in [3.05, 3.63) is 58.7 Å². The Morgan fingerprint density at radius 3 is 2.85 bits per heavy atom. The summed E-state index contributed by atoms with van der Waals surface area (Å²) in [5.41, 5.74) is 2.85. The summed E-state index contributed by atoms with van der Waals surface area (Å²) in [5.74, 6) is 1.20. The quantitative estimate of drug-likeness (QED) is 0.731. The number of hydrogen-bond acceptors (Lipinski definition) is 3. The zero-order valence-electron chi connectivity index (χ0n) is 14.0. The number of nitrogens with one attached hydrogen (secondary N) is 2. The highest BCUT2D eigenvalue weighted by Gasteiger charge is 2.45. The van der Waals surface area contributed by atoms with Gasteiger partial charge in [0.15, 0.2) is 11.5 Å². The molecular formula is C20H17ClN2O3. The number of carbonyl (C=O) groups excluding carboxylic acids is 1. The van der Waals surface area contributed by atoms with E-state index in [1.807, 2.05) is 24.4 Å². The molecule has 132 valence electrons. The minimum Gasteiger partial charge on any atom is -0.454 e. The normalized spacial score (nSPS) is 16.7. The molecule has 2 heterocycles. The Morgan fingerprint density at radius 1 is 1.15 bits per heavy atom. The molecule has 26 heavy (non-hydrogen) atoms. The molecule has 0 radical (unpaired) electrons. The van der Waals surface area contributed by atoms with Crippen LogP contribution < -0.4 is 14.8 Å². The maximum Gasteiger partial charge on any atom is 0.251 e. The number of hydrogen-bond donors (Lipinski definition) is 2. The maximum absolute atomic E-state index is 12.6. The van der Waals surface area contributed by atoms with Gasteiger partial charge in [-0.2, -0.15) is 0 Å². The summed E-state index contributed by atoms with van der Waals surface area (Å²) in [6.07, 6.45) is 4.16. The van der Waals surface area contributed by atoms with Gasteiger partial charge in [0.05, 0.1) is 0 Å². The zero-order chi connectivity index (χ0) is 17.7. The average molecular weight is 369 g/mol. The summed E-state index contributed by atoms with van der Waals surface area (Å²) in [7, 11) is 0.